The van der Waals surface area contributed by atoms with Crippen molar-refractivity contribution in [3.05, 3.63) is 0 Å². The van der Waals surface area contributed by atoms with E-state index >= 15 is 0 Å². The molecule has 0 radical (unpaired) electrons. The second kappa shape index (κ2) is 11.5. The Labute approximate surface area is 122 Å². The number of aliphatic carboxylic acids is 1. The average molecular weight is 302 g/mol. The van der Waals surface area contributed by atoms with Crippen LogP contribution in [0.2, 0.25) is 0 Å². The minimum atomic E-state index is -1.17. The maximum Gasteiger partial charge on any atom is 0.322 e. The highest BCUT2D eigenvalue weighted by atomic mass is 16.4. The third kappa shape index (κ3) is 12.5. The van der Waals surface area contributed by atoms with Crippen LogP contribution in [0.3, 0.4) is 0 Å². The molecule has 120 valence electrons. The Morgan fingerprint density at radius 1 is 0.810 bits per heavy atom. The molecule has 4 amide bonds. The summed E-state index contributed by atoms with van der Waals surface area (Å²) in [4.78, 5) is 43.9. The standard InChI is InChI=1S/C12H22N4O5/c1-2-3-4-5-13-9(17)6-15-12(21)16-7-10(18)14-8-11(19)20/h2-8H2,1H3,(H,13,17)(H,14,18)(H,19,20)(H2,15,16,21). The maximum atomic E-state index is 11.3. The highest BCUT2D eigenvalue weighted by Gasteiger charge is 2.07. The molecule has 0 bridgehead atoms. The summed E-state index contributed by atoms with van der Waals surface area (Å²) in [6.45, 7) is 1.56. The first-order valence-electron chi connectivity index (χ1n) is 6.72. The van der Waals surface area contributed by atoms with Gasteiger partial charge in [0.2, 0.25) is 11.8 Å². The zero-order valence-corrected chi connectivity index (χ0v) is 12.0. The van der Waals surface area contributed by atoms with Crippen molar-refractivity contribution < 1.29 is 24.3 Å². The van der Waals surface area contributed by atoms with E-state index < -0.39 is 24.5 Å². The van der Waals surface area contributed by atoms with E-state index in [1.54, 1.807) is 0 Å². The summed E-state index contributed by atoms with van der Waals surface area (Å²) in [7, 11) is 0. The molecule has 0 unspecified atom stereocenters. The van der Waals surface area contributed by atoms with Gasteiger partial charge in [0.25, 0.3) is 0 Å². The van der Waals surface area contributed by atoms with Crippen LogP contribution in [0.4, 0.5) is 4.79 Å². The Hall–Kier alpha value is -2.32. The fourth-order valence-electron chi connectivity index (χ4n) is 1.29. The summed E-state index contributed by atoms with van der Waals surface area (Å²) in [6, 6.07) is -0.677. The Morgan fingerprint density at radius 2 is 1.38 bits per heavy atom. The van der Waals surface area contributed by atoms with E-state index in [0.717, 1.165) is 19.3 Å². The van der Waals surface area contributed by atoms with Gasteiger partial charge in [-0.05, 0) is 6.42 Å². The molecule has 0 rings (SSSR count). The zero-order chi connectivity index (χ0) is 16.1. The molecule has 0 aromatic rings. The molecule has 0 spiro atoms. The Morgan fingerprint density at radius 3 is 1.90 bits per heavy atom. The predicted octanol–water partition coefficient (Wildman–Crippen LogP) is -1.21. The van der Waals surface area contributed by atoms with E-state index in [0.29, 0.717) is 6.54 Å². The van der Waals surface area contributed by atoms with Gasteiger partial charge in [-0.2, -0.15) is 0 Å². The van der Waals surface area contributed by atoms with Crippen molar-refractivity contribution in [2.24, 2.45) is 0 Å². The Bertz CT molecular complexity index is 373. The van der Waals surface area contributed by atoms with Crippen LogP contribution in [0.5, 0.6) is 0 Å². The van der Waals surface area contributed by atoms with Crippen molar-refractivity contribution in [3.8, 4) is 0 Å². The molecule has 5 N–H and O–H groups in total. The third-order valence-corrected chi connectivity index (χ3v) is 2.36. The van der Waals surface area contributed by atoms with Crippen LogP contribution >= 0.6 is 0 Å². The van der Waals surface area contributed by atoms with Crippen LogP contribution in [-0.2, 0) is 14.4 Å². The number of unbranched alkanes of at least 4 members (excludes halogenated alkanes) is 2. The molecule has 21 heavy (non-hydrogen) atoms. The lowest BCUT2D eigenvalue weighted by atomic mass is 10.2. The normalized spacial score (nSPS) is 9.57. The lowest BCUT2D eigenvalue weighted by Crippen LogP contribution is -2.45. The summed E-state index contributed by atoms with van der Waals surface area (Å²) in [5.74, 6) is -2.11. The minimum absolute atomic E-state index is 0.186. The van der Waals surface area contributed by atoms with Crippen molar-refractivity contribution >= 4 is 23.8 Å². The second-order valence-corrected chi connectivity index (χ2v) is 4.26. The van der Waals surface area contributed by atoms with Crippen molar-refractivity contribution in [3.63, 3.8) is 0 Å². The van der Waals surface area contributed by atoms with Gasteiger partial charge in [0, 0.05) is 6.54 Å². The molecular weight excluding hydrogens is 280 g/mol. The fraction of sp³-hybridized carbons (Fsp3) is 0.667. The van der Waals surface area contributed by atoms with E-state index in [1.807, 2.05) is 0 Å². The van der Waals surface area contributed by atoms with Crippen molar-refractivity contribution in [1.82, 2.24) is 21.3 Å². The highest BCUT2D eigenvalue weighted by Crippen LogP contribution is 1.90. The summed E-state index contributed by atoms with van der Waals surface area (Å²) < 4.78 is 0. The van der Waals surface area contributed by atoms with Gasteiger partial charge in [-0.1, -0.05) is 19.8 Å². The molecule has 0 aliphatic rings. The number of nitrogens with one attached hydrogen (secondary N) is 4. The molecule has 0 aliphatic carbocycles. The van der Waals surface area contributed by atoms with E-state index in [2.05, 4.69) is 28.2 Å². The first-order valence-corrected chi connectivity index (χ1v) is 6.72. The molecule has 9 nitrogen and oxygen atoms in total. The van der Waals surface area contributed by atoms with Gasteiger partial charge in [-0.15, -0.1) is 0 Å². The molecule has 0 aromatic carbocycles. The number of amides is 4. The van der Waals surface area contributed by atoms with Crippen LogP contribution in [0.25, 0.3) is 0 Å². The lowest BCUT2D eigenvalue weighted by Gasteiger charge is -2.08. The molecule has 0 saturated carbocycles. The monoisotopic (exact) mass is 302 g/mol. The average Bonchev–Trinajstić information content (AvgIpc) is 2.45. The minimum Gasteiger partial charge on any atom is -0.480 e. The van der Waals surface area contributed by atoms with Gasteiger partial charge >= 0.3 is 12.0 Å². The fourth-order valence-corrected chi connectivity index (χ4v) is 1.29. The van der Waals surface area contributed by atoms with Crippen LogP contribution in [-0.4, -0.2) is 55.1 Å². The third-order valence-electron chi connectivity index (χ3n) is 2.36. The molecule has 0 fully saturated rings. The summed E-state index contributed by atoms with van der Waals surface area (Å²) in [5.41, 5.74) is 0. The van der Waals surface area contributed by atoms with E-state index in [-0.39, 0.29) is 19.0 Å². The smallest absolute Gasteiger partial charge is 0.322 e. The summed E-state index contributed by atoms with van der Waals surface area (Å²) in [5, 5.41) is 17.5. The van der Waals surface area contributed by atoms with Crippen molar-refractivity contribution in [2.75, 3.05) is 26.2 Å². The summed E-state index contributed by atoms with van der Waals surface area (Å²) in [6.07, 6.45) is 2.97. The summed E-state index contributed by atoms with van der Waals surface area (Å²) >= 11 is 0. The van der Waals surface area contributed by atoms with Crippen molar-refractivity contribution in [2.45, 2.75) is 26.2 Å². The number of rotatable bonds is 10. The van der Waals surface area contributed by atoms with Gasteiger partial charge in [-0.25, -0.2) is 4.79 Å². The van der Waals surface area contributed by atoms with E-state index in [4.69, 9.17) is 5.11 Å². The number of hydrogen-bond donors (Lipinski definition) is 5. The predicted molar refractivity (Wildman–Crippen MR) is 74.6 cm³/mol. The van der Waals surface area contributed by atoms with Gasteiger partial charge in [-0.3, -0.25) is 14.4 Å². The number of hydrogen-bond acceptors (Lipinski definition) is 4. The van der Waals surface area contributed by atoms with Crippen LogP contribution in [0.1, 0.15) is 26.2 Å². The molecule has 9 heteroatoms. The quantitative estimate of drug-likeness (QED) is 0.323. The van der Waals surface area contributed by atoms with Gasteiger partial charge in [0.1, 0.15) is 6.54 Å². The Kier molecular flexibility index (Phi) is 10.2. The van der Waals surface area contributed by atoms with Crippen molar-refractivity contribution in [1.29, 1.82) is 0 Å². The van der Waals surface area contributed by atoms with Gasteiger partial charge in [0.05, 0.1) is 13.1 Å². The van der Waals surface area contributed by atoms with Gasteiger partial charge < -0.3 is 26.4 Å². The second-order valence-electron chi connectivity index (χ2n) is 4.26. The van der Waals surface area contributed by atoms with Crippen LogP contribution in [0, 0.1) is 0 Å². The maximum absolute atomic E-state index is 11.3. The Balaban J connectivity index is 3.63. The number of carboxylic acid groups (broad SMARTS) is 1. The first kappa shape index (κ1) is 18.7. The topological polar surface area (TPSA) is 137 Å². The molecule has 0 heterocycles. The van der Waals surface area contributed by atoms with Crippen LogP contribution < -0.4 is 21.3 Å². The first-order chi connectivity index (χ1) is 9.95. The zero-order valence-electron chi connectivity index (χ0n) is 12.0. The highest BCUT2D eigenvalue weighted by molar-refractivity contribution is 5.88. The molecule has 0 aromatic heterocycles. The van der Waals surface area contributed by atoms with Gasteiger partial charge in [0.15, 0.2) is 0 Å². The SMILES string of the molecule is CCCCCNC(=O)CNC(=O)NCC(=O)NCC(=O)O. The molecule has 0 saturated heterocycles. The molecule has 0 atom stereocenters. The number of carboxylic acids is 1. The molecule has 0 aliphatic heterocycles. The number of carbonyl (C=O) groups is 4. The van der Waals surface area contributed by atoms with E-state index in [1.165, 1.54) is 0 Å². The van der Waals surface area contributed by atoms with E-state index in [9.17, 15) is 19.2 Å². The number of urea groups is 1. The number of carbonyl (C=O) groups excluding carboxylic acids is 3. The molecular formula is C12H22N4O5. The van der Waals surface area contributed by atoms with Crippen LogP contribution in [0.15, 0.2) is 0 Å². The lowest BCUT2D eigenvalue weighted by molar-refractivity contribution is -0.137. The largest absolute Gasteiger partial charge is 0.480 e.